The first-order valence-corrected chi connectivity index (χ1v) is 7.07. The standard InChI is InChI=1S/C12H21BrO/c13-11-8-2-1-3-9-12(11)14-10-6-4-5-7-10/h10-12H,1-9H2. The Kier molecular flexibility index (Phi) is 4.30. The monoisotopic (exact) mass is 260 g/mol. The van der Waals surface area contributed by atoms with Gasteiger partial charge in [-0.15, -0.1) is 0 Å². The Hall–Kier alpha value is 0.440. The zero-order valence-corrected chi connectivity index (χ0v) is 10.5. The first-order valence-electron chi connectivity index (χ1n) is 6.16. The Balaban J connectivity index is 1.81. The van der Waals surface area contributed by atoms with Gasteiger partial charge in [0.1, 0.15) is 0 Å². The fourth-order valence-corrected chi connectivity index (χ4v) is 3.37. The van der Waals surface area contributed by atoms with Crippen molar-refractivity contribution >= 4 is 15.9 Å². The van der Waals surface area contributed by atoms with E-state index in [9.17, 15) is 0 Å². The molecule has 0 radical (unpaired) electrons. The van der Waals surface area contributed by atoms with Gasteiger partial charge in [0.25, 0.3) is 0 Å². The van der Waals surface area contributed by atoms with Crippen molar-refractivity contribution in [1.29, 1.82) is 0 Å². The molecule has 0 aromatic heterocycles. The molecule has 2 heteroatoms. The lowest BCUT2D eigenvalue weighted by molar-refractivity contribution is -0.0109. The van der Waals surface area contributed by atoms with E-state index in [1.54, 1.807) is 0 Å². The molecule has 2 atom stereocenters. The highest BCUT2D eigenvalue weighted by Gasteiger charge is 2.26. The second kappa shape index (κ2) is 5.50. The number of halogens is 1. The van der Waals surface area contributed by atoms with Crippen molar-refractivity contribution in [3.63, 3.8) is 0 Å². The van der Waals surface area contributed by atoms with Crippen LogP contribution in [-0.4, -0.2) is 17.0 Å². The van der Waals surface area contributed by atoms with Gasteiger partial charge in [0.15, 0.2) is 0 Å². The molecule has 0 aromatic carbocycles. The molecule has 0 saturated heterocycles. The third-order valence-corrected chi connectivity index (χ3v) is 4.59. The Morgan fingerprint density at radius 3 is 2.21 bits per heavy atom. The van der Waals surface area contributed by atoms with Crippen LogP contribution in [0, 0.1) is 0 Å². The normalized spacial score (nSPS) is 35.8. The molecule has 2 rings (SSSR count). The lowest BCUT2D eigenvalue weighted by Crippen LogP contribution is -2.27. The van der Waals surface area contributed by atoms with E-state index >= 15 is 0 Å². The molecule has 2 saturated carbocycles. The van der Waals surface area contributed by atoms with Gasteiger partial charge in [0.2, 0.25) is 0 Å². The Labute approximate surface area is 95.7 Å². The molecule has 14 heavy (non-hydrogen) atoms. The van der Waals surface area contributed by atoms with Crippen molar-refractivity contribution in [3.05, 3.63) is 0 Å². The van der Waals surface area contributed by atoms with E-state index < -0.39 is 0 Å². The lowest BCUT2D eigenvalue weighted by Gasteiger charge is -2.24. The minimum atomic E-state index is 0.501. The topological polar surface area (TPSA) is 9.23 Å². The lowest BCUT2D eigenvalue weighted by atomic mass is 10.1. The molecule has 0 N–H and O–H groups in total. The highest BCUT2D eigenvalue weighted by atomic mass is 79.9. The van der Waals surface area contributed by atoms with Crippen molar-refractivity contribution in [3.8, 4) is 0 Å². The van der Waals surface area contributed by atoms with Crippen LogP contribution in [0.1, 0.15) is 57.8 Å². The Bertz CT molecular complexity index is 166. The van der Waals surface area contributed by atoms with Gasteiger partial charge >= 0.3 is 0 Å². The number of hydrogen-bond donors (Lipinski definition) is 0. The number of hydrogen-bond acceptors (Lipinski definition) is 1. The van der Waals surface area contributed by atoms with Crippen LogP contribution in [0.2, 0.25) is 0 Å². The summed E-state index contributed by atoms with van der Waals surface area (Å²) in [4.78, 5) is 0.616. The van der Waals surface area contributed by atoms with Crippen LogP contribution in [0.3, 0.4) is 0 Å². The second-order valence-electron chi connectivity index (χ2n) is 4.74. The van der Waals surface area contributed by atoms with Gasteiger partial charge < -0.3 is 4.74 Å². The van der Waals surface area contributed by atoms with Gasteiger partial charge in [-0.25, -0.2) is 0 Å². The molecule has 0 spiro atoms. The molecule has 2 fully saturated rings. The average molecular weight is 261 g/mol. The summed E-state index contributed by atoms with van der Waals surface area (Å²) in [5.41, 5.74) is 0. The Morgan fingerprint density at radius 2 is 1.43 bits per heavy atom. The quantitative estimate of drug-likeness (QED) is 0.538. The molecular formula is C12H21BrO. The molecule has 0 bridgehead atoms. The third-order valence-electron chi connectivity index (χ3n) is 3.54. The maximum atomic E-state index is 6.20. The maximum Gasteiger partial charge on any atom is 0.0703 e. The second-order valence-corrected chi connectivity index (χ2v) is 5.91. The summed E-state index contributed by atoms with van der Waals surface area (Å²) in [6.07, 6.45) is 13.1. The van der Waals surface area contributed by atoms with Crippen LogP contribution in [0.25, 0.3) is 0 Å². The summed E-state index contributed by atoms with van der Waals surface area (Å²) in [7, 11) is 0. The van der Waals surface area contributed by atoms with Crippen molar-refractivity contribution in [2.75, 3.05) is 0 Å². The molecular weight excluding hydrogens is 240 g/mol. The van der Waals surface area contributed by atoms with Crippen molar-refractivity contribution in [2.45, 2.75) is 74.8 Å². The van der Waals surface area contributed by atoms with Crippen molar-refractivity contribution in [2.24, 2.45) is 0 Å². The minimum Gasteiger partial charge on any atom is -0.374 e. The van der Waals surface area contributed by atoms with Gasteiger partial charge in [-0.2, -0.15) is 0 Å². The predicted octanol–water partition coefficient (Wildman–Crippen LogP) is 4.04. The molecule has 1 nitrogen and oxygen atoms in total. The van der Waals surface area contributed by atoms with E-state index in [1.807, 2.05) is 0 Å². The van der Waals surface area contributed by atoms with Crippen LogP contribution < -0.4 is 0 Å². The number of alkyl halides is 1. The van der Waals surface area contributed by atoms with E-state index in [4.69, 9.17) is 4.74 Å². The van der Waals surface area contributed by atoms with Crippen molar-refractivity contribution < 1.29 is 4.74 Å². The molecule has 0 aromatic rings. The van der Waals surface area contributed by atoms with Crippen LogP contribution >= 0.6 is 15.9 Å². The van der Waals surface area contributed by atoms with Gasteiger partial charge in [0.05, 0.1) is 12.2 Å². The molecule has 2 unspecified atom stereocenters. The van der Waals surface area contributed by atoms with Gasteiger partial charge in [0, 0.05) is 4.83 Å². The number of ether oxygens (including phenoxy) is 1. The predicted molar refractivity (Wildman–Crippen MR) is 62.9 cm³/mol. The van der Waals surface area contributed by atoms with Crippen LogP contribution in [0.15, 0.2) is 0 Å². The van der Waals surface area contributed by atoms with E-state index in [1.165, 1.54) is 57.8 Å². The largest absolute Gasteiger partial charge is 0.374 e. The molecule has 2 aliphatic rings. The summed E-state index contributed by atoms with van der Waals surface area (Å²) >= 11 is 3.79. The van der Waals surface area contributed by atoms with Gasteiger partial charge in [-0.3, -0.25) is 0 Å². The summed E-state index contributed by atoms with van der Waals surface area (Å²) in [5, 5.41) is 0. The third kappa shape index (κ3) is 2.96. The zero-order valence-electron chi connectivity index (χ0n) is 8.88. The SMILES string of the molecule is BrC1CCCCCC1OC1CCCC1. The number of rotatable bonds is 2. The van der Waals surface area contributed by atoms with E-state index in [0.29, 0.717) is 17.0 Å². The van der Waals surface area contributed by atoms with Crippen molar-refractivity contribution in [1.82, 2.24) is 0 Å². The smallest absolute Gasteiger partial charge is 0.0703 e. The van der Waals surface area contributed by atoms with Gasteiger partial charge in [-0.1, -0.05) is 48.0 Å². The fraction of sp³-hybridized carbons (Fsp3) is 1.00. The van der Waals surface area contributed by atoms with Crippen LogP contribution in [-0.2, 0) is 4.74 Å². The first kappa shape index (κ1) is 10.9. The molecule has 0 aliphatic heterocycles. The molecule has 2 aliphatic carbocycles. The van der Waals surface area contributed by atoms with E-state index in [-0.39, 0.29) is 0 Å². The molecule has 0 amide bonds. The molecule has 82 valence electrons. The van der Waals surface area contributed by atoms with E-state index in [0.717, 1.165) is 0 Å². The average Bonchev–Trinajstić information content (AvgIpc) is 2.60. The summed E-state index contributed by atoms with van der Waals surface area (Å²) in [6, 6.07) is 0. The highest BCUT2D eigenvalue weighted by Crippen LogP contribution is 2.30. The van der Waals surface area contributed by atoms with Crippen LogP contribution in [0.5, 0.6) is 0 Å². The van der Waals surface area contributed by atoms with Crippen LogP contribution in [0.4, 0.5) is 0 Å². The Morgan fingerprint density at radius 1 is 0.786 bits per heavy atom. The summed E-state index contributed by atoms with van der Waals surface area (Å²) < 4.78 is 6.20. The fourth-order valence-electron chi connectivity index (χ4n) is 2.65. The highest BCUT2D eigenvalue weighted by molar-refractivity contribution is 9.09. The minimum absolute atomic E-state index is 0.501. The summed E-state index contributed by atoms with van der Waals surface area (Å²) in [5.74, 6) is 0. The maximum absolute atomic E-state index is 6.20. The first-order chi connectivity index (χ1) is 6.86. The van der Waals surface area contributed by atoms with E-state index in [2.05, 4.69) is 15.9 Å². The molecule has 0 heterocycles. The zero-order chi connectivity index (χ0) is 9.80. The summed E-state index contributed by atoms with van der Waals surface area (Å²) in [6.45, 7) is 0. The van der Waals surface area contributed by atoms with Gasteiger partial charge in [-0.05, 0) is 25.7 Å².